The van der Waals surface area contributed by atoms with Crippen molar-refractivity contribution >= 4 is 23.2 Å². The van der Waals surface area contributed by atoms with Crippen LogP contribution in [0.4, 0.5) is 8.78 Å². The minimum atomic E-state index is -0.458. The smallest absolute Gasteiger partial charge is 0.126 e. The third kappa shape index (κ3) is 3.69. The van der Waals surface area contributed by atoms with Crippen molar-refractivity contribution in [1.29, 1.82) is 0 Å². The SMILES string of the molecule is CNC(Cc1cc(F)ccc1F)c1cc(Cl)cc(Cl)c1. The second-order valence-electron chi connectivity index (χ2n) is 4.48. The van der Waals surface area contributed by atoms with Gasteiger partial charge in [0.05, 0.1) is 0 Å². The molecule has 1 N–H and O–H groups in total. The Morgan fingerprint density at radius 2 is 1.70 bits per heavy atom. The average Bonchev–Trinajstić information content (AvgIpc) is 2.38. The molecule has 0 saturated carbocycles. The van der Waals surface area contributed by atoms with Crippen molar-refractivity contribution in [3.8, 4) is 0 Å². The number of hydrogen-bond acceptors (Lipinski definition) is 1. The summed E-state index contributed by atoms with van der Waals surface area (Å²) in [4.78, 5) is 0. The van der Waals surface area contributed by atoms with E-state index in [1.807, 2.05) is 0 Å². The molecule has 1 nitrogen and oxygen atoms in total. The van der Waals surface area contributed by atoms with E-state index in [9.17, 15) is 8.78 Å². The molecule has 0 fully saturated rings. The Bertz CT molecular complexity index is 597. The first kappa shape index (κ1) is 15.2. The summed E-state index contributed by atoms with van der Waals surface area (Å²) in [5, 5.41) is 4.08. The normalized spacial score (nSPS) is 12.4. The van der Waals surface area contributed by atoms with Crippen LogP contribution in [-0.2, 0) is 6.42 Å². The largest absolute Gasteiger partial charge is 0.313 e. The fourth-order valence-electron chi connectivity index (χ4n) is 2.08. The van der Waals surface area contributed by atoms with E-state index in [4.69, 9.17) is 23.2 Å². The van der Waals surface area contributed by atoms with Gasteiger partial charge >= 0.3 is 0 Å². The number of likely N-dealkylation sites (N-methyl/N-ethyl adjacent to an activating group) is 1. The van der Waals surface area contributed by atoms with Crippen LogP contribution in [0.25, 0.3) is 0 Å². The molecular weight excluding hydrogens is 303 g/mol. The first-order chi connectivity index (χ1) is 9.49. The van der Waals surface area contributed by atoms with Crippen LogP contribution in [0.3, 0.4) is 0 Å². The molecule has 0 aliphatic carbocycles. The number of nitrogens with one attached hydrogen (secondary N) is 1. The summed E-state index contributed by atoms with van der Waals surface area (Å²) in [6.07, 6.45) is 0.302. The van der Waals surface area contributed by atoms with Crippen molar-refractivity contribution < 1.29 is 8.78 Å². The van der Waals surface area contributed by atoms with Gasteiger partial charge in [-0.25, -0.2) is 8.78 Å². The zero-order valence-electron chi connectivity index (χ0n) is 10.8. The molecule has 1 atom stereocenters. The van der Waals surface area contributed by atoms with E-state index >= 15 is 0 Å². The lowest BCUT2D eigenvalue weighted by atomic mass is 9.98. The van der Waals surface area contributed by atoms with Crippen molar-refractivity contribution in [2.24, 2.45) is 0 Å². The minimum absolute atomic E-state index is 0.206. The molecule has 0 aromatic heterocycles. The van der Waals surface area contributed by atoms with E-state index in [0.717, 1.165) is 17.7 Å². The molecule has 0 saturated heterocycles. The topological polar surface area (TPSA) is 12.0 Å². The zero-order valence-corrected chi connectivity index (χ0v) is 12.3. The van der Waals surface area contributed by atoms with E-state index in [1.165, 1.54) is 6.07 Å². The van der Waals surface area contributed by atoms with Gasteiger partial charge in [-0.05, 0) is 61.0 Å². The summed E-state index contributed by atoms with van der Waals surface area (Å²) in [5.74, 6) is -0.889. The molecule has 1 unspecified atom stereocenters. The lowest BCUT2D eigenvalue weighted by Crippen LogP contribution is -2.19. The van der Waals surface area contributed by atoms with E-state index in [2.05, 4.69) is 5.32 Å². The lowest BCUT2D eigenvalue weighted by Gasteiger charge is -2.18. The Labute approximate surface area is 126 Å². The Hall–Kier alpha value is -1.16. The number of hydrogen-bond donors (Lipinski definition) is 1. The third-order valence-corrected chi connectivity index (χ3v) is 3.50. The molecule has 0 radical (unpaired) electrons. The highest BCUT2D eigenvalue weighted by Crippen LogP contribution is 2.26. The molecule has 2 aromatic carbocycles. The first-order valence-corrected chi connectivity index (χ1v) is 6.82. The molecule has 5 heteroatoms. The van der Waals surface area contributed by atoms with Crippen LogP contribution < -0.4 is 5.32 Å². The summed E-state index contributed by atoms with van der Waals surface area (Å²) >= 11 is 11.9. The van der Waals surface area contributed by atoms with Gasteiger partial charge in [-0.3, -0.25) is 0 Å². The van der Waals surface area contributed by atoms with Crippen molar-refractivity contribution in [3.05, 3.63) is 69.2 Å². The van der Waals surface area contributed by atoms with Crippen LogP contribution in [0.1, 0.15) is 17.2 Å². The van der Waals surface area contributed by atoms with E-state index < -0.39 is 11.6 Å². The Morgan fingerprint density at radius 3 is 2.30 bits per heavy atom. The van der Waals surface area contributed by atoms with Gasteiger partial charge in [0.15, 0.2) is 0 Å². The van der Waals surface area contributed by atoms with Crippen LogP contribution in [0.5, 0.6) is 0 Å². The number of rotatable bonds is 4. The van der Waals surface area contributed by atoms with Crippen molar-refractivity contribution in [2.45, 2.75) is 12.5 Å². The summed E-state index contributed by atoms with van der Waals surface area (Å²) in [6.45, 7) is 0. The molecule has 0 heterocycles. The van der Waals surface area contributed by atoms with Crippen LogP contribution in [0.15, 0.2) is 36.4 Å². The van der Waals surface area contributed by atoms with Crippen LogP contribution in [0.2, 0.25) is 10.0 Å². The van der Waals surface area contributed by atoms with Gasteiger partial charge in [0.2, 0.25) is 0 Å². The monoisotopic (exact) mass is 315 g/mol. The summed E-state index contributed by atoms with van der Waals surface area (Å²) < 4.78 is 26.9. The highest BCUT2D eigenvalue weighted by molar-refractivity contribution is 6.34. The average molecular weight is 316 g/mol. The summed E-state index contributed by atoms with van der Waals surface area (Å²) in [6, 6.07) is 8.36. The van der Waals surface area contributed by atoms with Gasteiger partial charge in [-0.1, -0.05) is 23.2 Å². The Kier molecular flexibility index (Phi) is 4.97. The maximum Gasteiger partial charge on any atom is 0.126 e. The van der Waals surface area contributed by atoms with E-state index in [0.29, 0.717) is 22.0 Å². The maximum absolute atomic E-state index is 13.7. The summed E-state index contributed by atoms with van der Waals surface area (Å²) in [7, 11) is 1.75. The lowest BCUT2D eigenvalue weighted by molar-refractivity contribution is 0.544. The maximum atomic E-state index is 13.7. The second-order valence-corrected chi connectivity index (χ2v) is 5.36. The van der Waals surface area contributed by atoms with Gasteiger partial charge in [0.25, 0.3) is 0 Å². The van der Waals surface area contributed by atoms with Gasteiger partial charge in [0, 0.05) is 16.1 Å². The van der Waals surface area contributed by atoms with Gasteiger partial charge < -0.3 is 5.32 Å². The molecule has 0 aliphatic heterocycles. The Morgan fingerprint density at radius 1 is 1.05 bits per heavy atom. The molecule has 2 aromatic rings. The third-order valence-electron chi connectivity index (χ3n) is 3.07. The standard InChI is InChI=1S/C15H13Cl2F2N/c1-20-15(10-4-11(16)8-12(17)5-10)7-9-6-13(18)2-3-14(9)19/h2-6,8,15,20H,7H2,1H3. The molecule has 20 heavy (non-hydrogen) atoms. The fraction of sp³-hybridized carbons (Fsp3) is 0.200. The Balaban J connectivity index is 2.30. The van der Waals surface area contributed by atoms with Crippen molar-refractivity contribution in [3.63, 3.8) is 0 Å². The molecule has 2 rings (SSSR count). The van der Waals surface area contributed by atoms with Crippen molar-refractivity contribution in [2.75, 3.05) is 7.05 Å². The van der Waals surface area contributed by atoms with Crippen LogP contribution >= 0.6 is 23.2 Å². The number of benzene rings is 2. The highest BCUT2D eigenvalue weighted by Gasteiger charge is 2.14. The quantitative estimate of drug-likeness (QED) is 0.856. The molecular formula is C15H13Cl2F2N. The molecule has 0 aliphatic rings. The molecule has 106 valence electrons. The highest BCUT2D eigenvalue weighted by atomic mass is 35.5. The first-order valence-electron chi connectivity index (χ1n) is 6.07. The summed E-state index contributed by atoms with van der Waals surface area (Å²) in [5.41, 5.74) is 1.13. The zero-order chi connectivity index (χ0) is 14.7. The van der Waals surface area contributed by atoms with Gasteiger partial charge in [-0.15, -0.1) is 0 Å². The van der Waals surface area contributed by atoms with E-state index in [1.54, 1.807) is 25.2 Å². The molecule has 0 amide bonds. The predicted octanol–water partition coefficient (Wildman–Crippen LogP) is 4.77. The van der Waals surface area contributed by atoms with Gasteiger partial charge in [-0.2, -0.15) is 0 Å². The second kappa shape index (κ2) is 6.53. The molecule has 0 spiro atoms. The van der Waals surface area contributed by atoms with E-state index in [-0.39, 0.29) is 6.04 Å². The van der Waals surface area contributed by atoms with Crippen molar-refractivity contribution in [1.82, 2.24) is 5.32 Å². The van der Waals surface area contributed by atoms with Gasteiger partial charge in [0.1, 0.15) is 11.6 Å². The van der Waals surface area contributed by atoms with Crippen LogP contribution in [0, 0.1) is 11.6 Å². The fourth-order valence-corrected chi connectivity index (χ4v) is 2.63. The molecule has 0 bridgehead atoms. The minimum Gasteiger partial charge on any atom is -0.313 e. The predicted molar refractivity (Wildman–Crippen MR) is 78.3 cm³/mol. The van der Waals surface area contributed by atoms with Crippen LogP contribution in [-0.4, -0.2) is 7.05 Å². The number of halogens is 4.